The van der Waals surface area contributed by atoms with Gasteiger partial charge in [-0.25, -0.2) is 0 Å². The number of piperidine rings is 2. The monoisotopic (exact) mass is 447 g/mol. The van der Waals surface area contributed by atoms with Gasteiger partial charge in [0, 0.05) is 25.7 Å². The molecular formula is C29H57N3. The normalized spacial score (nSPS) is 24.8. The molecule has 3 aliphatic rings. The SMILES string of the molecule is CCCN1CC(N2CCC(C(C)(C)CCC(C)(C)CN3CCC(C(C)(C)C)CC3)CC2)C1. The van der Waals surface area contributed by atoms with Gasteiger partial charge in [-0.15, -0.1) is 0 Å². The Morgan fingerprint density at radius 3 is 1.78 bits per heavy atom. The van der Waals surface area contributed by atoms with Crippen molar-refractivity contribution in [2.24, 2.45) is 28.1 Å². The molecule has 3 heteroatoms. The maximum Gasteiger partial charge on any atom is 0.0350 e. The standard InChI is InChI=1S/C29H57N3/c1-9-16-31-21-26(22-31)32-19-12-25(13-20-32)29(7,8)15-14-28(5,6)23-30-17-10-24(11-18-30)27(2,3)4/h24-26H,9-23H2,1-8H3. The molecule has 3 fully saturated rings. The fourth-order valence-electron chi connectivity index (χ4n) is 6.82. The lowest BCUT2D eigenvalue weighted by molar-refractivity contribution is -0.00421. The second kappa shape index (κ2) is 10.6. The van der Waals surface area contributed by atoms with Crippen LogP contribution >= 0.6 is 0 Å². The summed E-state index contributed by atoms with van der Waals surface area (Å²) in [5, 5.41) is 0. The van der Waals surface area contributed by atoms with Crippen molar-refractivity contribution in [3.63, 3.8) is 0 Å². The van der Waals surface area contributed by atoms with Crippen LogP contribution < -0.4 is 0 Å². The fourth-order valence-corrected chi connectivity index (χ4v) is 6.82. The smallest absolute Gasteiger partial charge is 0.0350 e. The van der Waals surface area contributed by atoms with E-state index in [1.807, 2.05) is 0 Å². The zero-order valence-electron chi connectivity index (χ0n) is 23.2. The van der Waals surface area contributed by atoms with Gasteiger partial charge in [0.2, 0.25) is 0 Å². The summed E-state index contributed by atoms with van der Waals surface area (Å²) in [6.45, 7) is 30.3. The molecule has 0 unspecified atom stereocenters. The van der Waals surface area contributed by atoms with Gasteiger partial charge in [0.15, 0.2) is 0 Å². The first kappa shape index (κ1) is 26.5. The third kappa shape index (κ3) is 7.19. The molecule has 188 valence electrons. The summed E-state index contributed by atoms with van der Waals surface area (Å²) in [4.78, 5) is 8.21. The Hall–Kier alpha value is -0.120. The lowest BCUT2D eigenvalue weighted by Crippen LogP contribution is -2.61. The molecule has 3 saturated heterocycles. The molecule has 0 aromatic heterocycles. The Balaban J connectivity index is 1.38. The second-order valence-corrected chi connectivity index (χ2v) is 14.3. The van der Waals surface area contributed by atoms with Crippen molar-refractivity contribution in [2.45, 2.75) is 106 Å². The van der Waals surface area contributed by atoms with Crippen LogP contribution in [-0.2, 0) is 0 Å². The fraction of sp³-hybridized carbons (Fsp3) is 1.00. The lowest BCUT2D eigenvalue weighted by Gasteiger charge is -2.49. The van der Waals surface area contributed by atoms with E-state index in [1.165, 1.54) is 97.3 Å². The minimum Gasteiger partial charge on any atom is -0.303 e. The van der Waals surface area contributed by atoms with Crippen molar-refractivity contribution in [3.05, 3.63) is 0 Å². The molecule has 3 nitrogen and oxygen atoms in total. The minimum absolute atomic E-state index is 0.432. The van der Waals surface area contributed by atoms with Gasteiger partial charge in [0.1, 0.15) is 0 Å². The van der Waals surface area contributed by atoms with E-state index in [2.05, 4.69) is 70.1 Å². The van der Waals surface area contributed by atoms with E-state index in [-0.39, 0.29) is 0 Å². The summed E-state index contributed by atoms with van der Waals surface area (Å²) >= 11 is 0. The van der Waals surface area contributed by atoms with E-state index in [4.69, 9.17) is 0 Å². The van der Waals surface area contributed by atoms with Crippen LogP contribution in [0.25, 0.3) is 0 Å². The molecule has 0 N–H and O–H groups in total. The largest absolute Gasteiger partial charge is 0.303 e. The van der Waals surface area contributed by atoms with Crippen molar-refractivity contribution >= 4 is 0 Å². The minimum atomic E-state index is 0.432. The topological polar surface area (TPSA) is 9.72 Å². The quantitative estimate of drug-likeness (QED) is 0.406. The van der Waals surface area contributed by atoms with Crippen LogP contribution in [0.1, 0.15) is 100 Å². The van der Waals surface area contributed by atoms with Gasteiger partial charge in [0.05, 0.1) is 0 Å². The highest BCUT2D eigenvalue weighted by Crippen LogP contribution is 2.42. The summed E-state index contributed by atoms with van der Waals surface area (Å²) in [5.41, 5.74) is 1.40. The molecule has 0 radical (unpaired) electrons. The highest BCUT2D eigenvalue weighted by molar-refractivity contribution is 4.93. The second-order valence-electron chi connectivity index (χ2n) is 14.3. The Kier molecular flexibility index (Phi) is 8.81. The molecule has 0 spiro atoms. The van der Waals surface area contributed by atoms with Crippen molar-refractivity contribution in [3.8, 4) is 0 Å². The first-order chi connectivity index (χ1) is 14.9. The van der Waals surface area contributed by atoms with Crippen LogP contribution in [0.2, 0.25) is 0 Å². The zero-order chi connectivity index (χ0) is 23.6. The van der Waals surface area contributed by atoms with Crippen molar-refractivity contribution in [1.29, 1.82) is 0 Å². The van der Waals surface area contributed by atoms with Gasteiger partial charge < -0.3 is 9.80 Å². The Labute approximate surface area is 201 Å². The van der Waals surface area contributed by atoms with E-state index < -0.39 is 0 Å². The Morgan fingerprint density at radius 2 is 1.25 bits per heavy atom. The number of hydrogen-bond donors (Lipinski definition) is 0. The summed E-state index contributed by atoms with van der Waals surface area (Å²) in [6.07, 6.45) is 9.66. The molecule has 3 rings (SSSR count). The molecule has 0 aromatic rings. The van der Waals surface area contributed by atoms with Crippen LogP contribution in [0.3, 0.4) is 0 Å². The summed E-state index contributed by atoms with van der Waals surface area (Å²) in [6, 6.07) is 0.854. The predicted octanol–water partition coefficient (Wildman–Crippen LogP) is 6.38. The molecule has 0 atom stereocenters. The molecule has 32 heavy (non-hydrogen) atoms. The predicted molar refractivity (Wildman–Crippen MR) is 140 cm³/mol. The first-order valence-electron chi connectivity index (χ1n) is 14.1. The number of likely N-dealkylation sites (tertiary alicyclic amines) is 3. The van der Waals surface area contributed by atoms with Gasteiger partial charge >= 0.3 is 0 Å². The lowest BCUT2D eigenvalue weighted by atomic mass is 9.68. The van der Waals surface area contributed by atoms with Crippen LogP contribution in [0.5, 0.6) is 0 Å². The summed E-state index contributed by atoms with van der Waals surface area (Å²) in [7, 11) is 0. The van der Waals surface area contributed by atoms with Crippen LogP contribution in [0.15, 0.2) is 0 Å². The van der Waals surface area contributed by atoms with E-state index >= 15 is 0 Å². The average Bonchev–Trinajstić information content (AvgIpc) is 2.69. The number of rotatable bonds is 9. The summed E-state index contributed by atoms with van der Waals surface area (Å²) in [5.74, 6) is 1.81. The highest BCUT2D eigenvalue weighted by Gasteiger charge is 2.38. The van der Waals surface area contributed by atoms with E-state index in [1.54, 1.807) is 0 Å². The molecular weight excluding hydrogens is 390 g/mol. The van der Waals surface area contributed by atoms with Crippen molar-refractivity contribution < 1.29 is 0 Å². The van der Waals surface area contributed by atoms with E-state index in [9.17, 15) is 0 Å². The van der Waals surface area contributed by atoms with Gasteiger partial charge in [-0.1, -0.05) is 55.4 Å². The molecule has 3 aliphatic heterocycles. The van der Waals surface area contributed by atoms with Crippen LogP contribution in [-0.4, -0.2) is 73.1 Å². The molecule has 0 saturated carbocycles. The third-order valence-corrected chi connectivity index (χ3v) is 9.54. The zero-order valence-corrected chi connectivity index (χ0v) is 23.2. The van der Waals surface area contributed by atoms with Gasteiger partial charge in [-0.2, -0.15) is 0 Å². The van der Waals surface area contributed by atoms with Crippen LogP contribution in [0.4, 0.5) is 0 Å². The van der Waals surface area contributed by atoms with Crippen molar-refractivity contribution in [1.82, 2.24) is 14.7 Å². The van der Waals surface area contributed by atoms with Gasteiger partial charge in [-0.05, 0) is 106 Å². The maximum atomic E-state index is 2.81. The molecule has 0 aliphatic carbocycles. The molecule has 0 bridgehead atoms. The van der Waals surface area contributed by atoms with Gasteiger partial charge in [0.25, 0.3) is 0 Å². The number of nitrogens with zero attached hydrogens (tertiary/aromatic N) is 3. The number of hydrogen-bond acceptors (Lipinski definition) is 3. The highest BCUT2D eigenvalue weighted by atomic mass is 15.3. The maximum absolute atomic E-state index is 2.81. The van der Waals surface area contributed by atoms with Crippen molar-refractivity contribution in [2.75, 3.05) is 52.4 Å². The van der Waals surface area contributed by atoms with E-state index in [0.717, 1.165) is 17.9 Å². The Morgan fingerprint density at radius 1 is 0.688 bits per heavy atom. The molecule has 0 amide bonds. The van der Waals surface area contributed by atoms with E-state index in [0.29, 0.717) is 16.2 Å². The molecule has 0 aromatic carbocycles. The van der Waals surface area contributed by atoms with Crippen LogP contribution in [0, 0.1) is 28.1 Å². The third-order valence-electron chi connectivity index (χ3n) is 9.54. The molecule has 3 heterocycles. The average molecular weight is 448 g/mol. The first-order valence-corrected chi connectivity index (χ1v) is 14.1. The summed E-state index contributed by atoms with van der Waals surface area (Å²) < 4.78 is 0. The van der Waals surface area contributed by atoms with Gasteiger partial charge in [-0.3, -0.25) is 4.90 Å². The Bertz CT molecular complexity index is 553.